The number of pyridine rings is 1. The lowest BCUT2D eigenvalue weighted by atomic mass is 10.1. The average Bonchev–Trinajstić information content (AvgIpc) is 3.15. The number of rotatable bonds is 4. The molecule has 0 atom stereocenters. The summed E-state index contributed by atoms with van der Waals surface area (Å²) in [5.74, 6) is 2.01. The Morgan fingerprint density at radius 1 is 1.16 bits per heavy atom. The van der Waals surface area contributed by atoms with Crippen LogP contribution in [-0.4, -0.2) is 44.0 Å². The van der Waals surface area contributed by atoms with Crippen LogP contribution in [0.25, 0.3) is 0 Å². The fourth-order valence-corrected chi connectivity index (χ4v) is 2.94. The molecule has 130 valence electrons. The SMILES string of the molecule is O=C(NCc1cccnc1N1CCOCC1)c1ccc2c(c1)OCO2. The van der Waals surface area contributed by atoms with Gasteiger partial charge in [0.2, 0.25) is 6.79 Å². The number of fused-ring (bicyclic) bond motifs is 1. The molecule has 7 heteroatoms. The fourth-order valence-electron chi connectivity index (χ4n) is 2.94. The Hall–Kier alpha value is -2.80. The minimum absolute atomic E-state index is 0.157. The Labute approximate surface area is 145 Å². The highest BCUT2D eigenvalue weighted by atomic mass is 16.7. The number of carbonyl (C=O) groups is 1. The summed E-state index contributed by atoms with van der Waals surface area (Å²) in [6, 6.07) is 9.04. The molecule has 0 bridgehead atoms. The van der Waals surface area contributed by atoms with Crippen molar-refractivity contribution in [2.45, 2.75) is 6.54 Å². The zero-order chi connectivity index (χ0) is 17.1. The molecular weight excluding hydrogens is 322 g/mol. The van der Waals surface area contributed by atoms with Gasteiger partial charge in [0.25, 0.3) is 5.91 Å². The minimum Gasteiger partial charge on any atom is -0.454 e. The monoisotopic (exact) mass is 341 g/mol. The van der Waals surface area contributed by atoms with E-state index in [1.165, 1.54) is 0 Å². The Morgan fingerprint density at radius 3 is 2.88 bits per heavy atom. The maximum Gasteiger partial charge on any atom is 0.251 e. The van der Waals surface area contributed by atoms with Crippen molar-refractivity contribution in [3.05, 3.63) is 47.7 Å². The molecule has 3 heterocycles. The molecule has 7 nitrogen and oxygen atoms in total. The largest absolute Gasteiger partial charge is 0.454 e. The number of hydrogen-bond acceptors (Lipinski definition) is 6. The zero-order valence-corrected chi connectivity index (χ0v) is 13.7. The van der Waals surface area contributed by atoms with Crippen LogP contribution in [0.5, 0.6) is 11.5 Å². The van der Waals surface area contributed by atoms with Crippen LogP contribution in [0.3, 0.4) is 0 Å². The van der Waals surface area contributed by atoms with Crippen LogP contribution in [0, 0.1) is 0 Å². The molecule has 0 saturated carbocycles. The number of aromatic nitrogens is 1. The predicted molar refractivity (Wildman–Crippen MR) is 91.0 cm³/mol. The lowest BCUT2D eigenvalue weighted by Gasteiger charge is -2.29. The summed E-state index contributed by atoms with van der Waals surface area (Å²) in [7, 11) is 0. The van der Waals surface area contributed by atoms with Gasteiger partial charge in [0.05, 0.1) is 13.2 Å². The van der Waals surface area contributed by atoms with Gasteiger partial charge < -0.3 is 24.4 Å². The van der Waals surface area contributed by atoms with Crippen LogP contribution < -0.4 is 19.7 Å². The number of carbonyl (C=O) groups excluding carboxylic acids is 1. The highest BCUT2D eigenvalue weighted by Gasteiger charge is 2.18. The Kier molecular flexibility index (Phi) is 4.39. The molecule has 25 heavy (non-hydrogen) atoms. The summed E-state index contributed by atoms with van der Waals surface area (Å²) in [5, 5.41) is 2.95. The number of morpholine rings is 1. The second-order valence-electron chi connectivity index (χ2n) is 5.84. The molecule has 1 aromatic heterocycles. The standard InChI is InChI=1S/C18H19N3O4/c22-18(13-3-4-15-16(10-13)25-12-24-15)20-11-14-2-1-5-19-17(14)21-6-8-23-9-7-21/h1-5,10H,6-9,11-12H2,(H,20,22). The molecule has 0 aliphatic carbocycles. The molecular formula is C18H19N3O4. The van der Waals surface area contributed by atoms with Gasteiger partial charge in [-0.05, 0) is 24.3 Å². The zero-order valence-electron chi connectivity index (χ0n) is 13.7. The van der Waals surface area contributed by atoms with Gasteiger partial charge >= 0.3 is 0 Å². The summed E-state index contributed by atoms with van der Waals surface area (Å²) in [4.78, 5) is 19.1. The van der Waals surface area contributed by atoms with Crippen molar-refractivity contribution in [2.75, 3.05) is 38.0 Å². The van der Waals surface area contributed by atoms with E-state index in [1.807, 2.05) is 12.1 Å². The molecule has 2 aliphatic heterocycles. The third kappa shape index (κ3) is 3.36. The number of ether oxygens (including phenoxy) is 3. The minimum atomic E-state index is -0.157. The van der Waals surface area contributed by atoms with Gasteiger partial charge in [-0.25, -0.2) is 4.98 Å². The maximum atomic E-state index is 12.4. The van der Waals surface area contributed by atoms with Crippen LogP contribution in [0.1, 0.15) is 15.9 Å². The fraction of sp³-hybridized carbons (Fsp3) is 0.333. The van der Waals surface area contributed by atoms with E-state index < -0.39 is 0 Å². The van der Waals surface area contributed by atoms with Crippen LogP contribution >= 0.6 is 0 Å². The summed E-state index contributed by atoms with van der Waals surface area (Å²) in [5.41, 5.74) is 1.53. The second kappa shape index (κ2) is 6.98. The van der Waals surface area contributed by atoms with Gasteiger partial charge in [-0.15, -0.1) is 0 Å². The first-order valence-corrected chi connectivity index (χ1v) is 8.26. The van der Waals surface area contributed by atoms with Gasteiger partial charge in [-0.2, -0.15) is 0 Å². The molecule has 1 saturated heterocycles. The van der Waals surface area contributed by atoms with E-state index in [9.17, 15) is 4.79 Å². The third-order valence-corrected chi connectivity index (χ3v) is 4.25. The van der Waals surface area contributed by atoms with Gasteiger partial charge in [0.1, 0.15) is 5.82 Å². The number of benzene rings is 1. The first kappa shape index (κ1) is 15.7. The van der Waals surface area contributed by atoms with Crippen molar-refractivity contribution in [3.63, 3.8) is 0 Å². The summed E-state index contributed by atoms with van der Waals surface area (Å²) >= 11 is 0. The second-order valence-corrected chi connectivity index (χ2v) is 5.84. The van der Waals surface area contributed by atoms with Crippen molar-refractivity contribution in [1.29, 1.82) is 0 Å². The van der Waals surface area contributed by atoms with E-state index in [1.54, 1.807) is 24.4 Å². The Balaban J connectivity index is 1.45. The van der Waals surface area contributed by atoms with Gasteiger partial charge in [-0.1, -0.05) is 6.07 Å². The molecule has 4 rings (SSSR count). The normalized spacial score (nSPS) is 15.9. The van der Waals surface area contributed by atoms with Gasteiger partial charge in [0.15, 0.2) is 11.5 Å². The van der Waals surface area contributed by atoms with Crippen molar-refractivity contribution in [1.82, 2.24) is 10.3 Å². The third-order valence-electron chi connectivity index (χ3n) is 4.25. The van der Waals surface area contributed by atoms with Crippen LogP contribution in [0.2, 0.25) is 0 Å². The van der Waals surface area contributed by atoms with E-state index in [2.05, 4.69) is 15.2 Å². The van der Waals surface area contributed by atoms with Crippen molar-refractivity contribution in [2.24, 2.45) is 0 Å². The molecule has 1 aromatic carbocycles. The maximum absolute atomic E-state index is 12.4. The van der Waals surface area contributed by atoms with E-state index >= 15 is 0 Å². The molecule has 2 aliphatic rings. The first-order valence-electron chi connectivity index (χ1n) is 8.26. The number of nitrogens with zero attached hydrogens (tertiary/aromatic N) is 2. The molecule has 0 spiro atoms. The quantitative estimate of drug-likeness (QED) is 0.910. The topological polar surface area (TPSA) is 72.9 Å². The van der Waals surface area contributed by atoms with Crippen LogP contribution in [-0.2, 0) is 11.3 Å². The summed E-state index contributed by atoms with van der Waals surface area (Å²) < 4.78 is 16.0. The molecule has 1 fully saturated rings. The Bertz CT molecular complexity index is 775. The first-order chi connectivity index (χ1) is 12.3. The Morgan fingerprint density at radius 2 is 2.00 bits per heavy atom. The van der Waals surface area contributed by atoms with Gasteiger partial charge in [0, 0.05) is 37.0 Å². The van der Waals surface area contributed by atoms with Gasteiger partial charge in [-0.3, -0.25) is 4.79 Å². The molecule has 1 N–H and O–H groups in total. The van der Waals surface area contributed by atoms with E-state index in [0.717, 1.165) is 24.5 Å². The number of nitrogens with one attached hydrogen (secondary N) is 1. The predicted octanol–water partition coefficient (Wildman–Crippen LogP) is 1.58. The number of hydrogen-bond donors (Lipinski definition) is 1. The average molecular weight is 341 g/mol. The van der Waals surface area contributed by atoms with Crippen molar-refractivity contribution < 1.29 is 19.0 Å². The summed E-state index contributed by atoms with van der Waals surface area (Å²) in [6.07, 6.45) is 1.77. The van der Waals surface area contributed by atoms with Crippen molar-refractivity contribution in [3.8, 4) is 11.5 Å². The highest BCUT2D eigenvalue weighted by Crippen LogP contribution is 2.32. The highest BCUT2D eigenvalue weighted by molar-refractivity contribution is 5.95. The molecule has 0 unspecified atom stereocenters. The summed E-state index contributed by atoms with van der Waals surface area (Å²) in [6.45, 7) is 3.60. The molecule has 1 amide bonds. The lowest BCUT2D eigenvalue weighted by Crippen LogP contribution is -2.37. The van der Waals surface area contributed by atoms with Crippen LogP contribution in [0.15, 0.2) is 36.5 Å². The van der Waals surface area contributed by atoms with E-state index in [0.29, 0.717) is 36.8 Å². The van der Waals surface area contributed by atoms with Crippen molar-refractivity contribution >= 4 is 11.7 Å². The van der Waals surface area contributed by atoms with Crippen LogP contribution in [0.4, 0.5) is 5.82 Å². The lowest BCUT2D eigenvalue weighted by molar-refractivity contribution is 0.0950. The number of amides is 1. The van der Waals surface area contributed by atoms with E-state index in [-0.39, 0.29) is 12.7 Å². The molecule has 0 radical (unpaired) electrons. The smallest absolute Gasteiger partial charge is 0.251 e. The van der Waals surface area contributed by atoms with E-state index in [4.69, 9.17) is 14.2 Å². The molecule has 2 aromatic rings. The number of anilines is 1.